The van der Waals surface area contributed by atoms with E-state index in [-0.39, 0.29) is 17.5 Å². The molecular formula is C15H22N6O. The normalized spacial score (nSPS) is 22.3. The number of likely N-dealkylation sites (tertiary alicyclic amines) is 1. The Morgan fingerprint density at radius 2 is 2.27 bits per heavy atom. The van der Waals surface area contributed by atoms with Crippen LogP contribution in [0.3, 0.4) is 0 Å². The van der Waals surface area contributed by atoms with Crippen molar-refractivity contribution in [3.63, 3.8) is 0 Å². The molecule has 118 valence electrons. The van der Waals surface area contributed by atoms with E-state index in [1.165, 1.54) is 0 Å². The van der Waals surface area contributed by atoms with Gasteiger partial charge in [0.15, 0.2) is 0 Å². The molecule has 3 N–H and O–H groups in total. The van der Waals surface area contributed by atoms with Crippen LogP contribution in [-0.4, -0.2) is 43.6 Å². The van der Waals surface area contributed by atoms with Crippen molar-refractivity contribution < 1.29 is 0 Å². The summed E-state index contributed by atoms with van der Waals surface area (Å²) in [6, 6.07) is 1.62. The van der Waals surface area contributed by atoms with Crippen LogP contribution in [-0.2, 0) is 20.0 Å². The van der Waals surface area contributed by atoms with E-state index in [0.717, 1.165) is 30.9 Å². The molecule has 0 bridgehead atoms. The van der Waals surface area contributed by atoms with Crippen LogP contribution in [0.15, 0.2) is 23.4 Å². The molecule has 3 heterocycles. The van der Waals surface area contributed by atoms with Crippen LogP contribution < -0.4 is 11.3 Å². The molecule has 0 aromatic carbocycles. The predicted octanol–water partition coefficient (Wildman–Crippen LogP) is -0.00750. The molecule has 0 amide bonds. The summed E-state index contributed by atoms with van der Waals surface area (Å²) in [7, 11) is 1.99. The molecule has 1 aliphatic rings. The summed E-state index contributed by atoms with van der Waals surface area (Å²) in [5, 5.41) is 0. The number of aryl methyl sites for hydroxylation is 2. The molecule has 3 rings (SSSR count). The molecule has 1 fully saturated rings. The van der Waals surface area contributed by atoms with Crippen molar-refractivity contribution in [3.8, 4) is 0 Å². The van der Waals surface area contributed by atoms with Crippen LogP contribution in [0.2, 0.25) is 0 Å². The Balaban J connectivity index is 1.74. The fourth-order valence-electron chi connectivity index (χ4n) is 3.11. The number of nitrogens with two attached hydrogens (primary N) is 1. The van der Waals surface area contributed by atoms with Gasteiger partial charge in [-0.3, -0.25) is 9.69 Å². The third-order valence-corrected chi connectivity index (χ3v) is 4.25. The van der Waals surface area contributed by atoms with Gasteiger partial charge < -0.3 is 15.3 Å². The number of hydrogen-bond donors (Lipinski definition) is 2. The van der Waals surface area contributed by atoms with Crippen LogP contribution in [0.25, 0.3) is 0 Å². The average molecular weight is 302 g/mol. The van der Waals surface area contributed by atoms with E-state index >= 15 is 0 Å². The van der Waals surface area contributed by atoms with E-state index in [4.69, 9.17) is 5.73 Å². The van der Waals surface area contributed by atoms with Gasteiger partial charge in [0.25, 0.3) is 5.56 Å². The van der Waals surface area contributed by atoms with Crippen LogP contribution in [0.1, 0.15) is 30.1 Å². The maximum absolute atomic E-state index is 11.7. The second-order valence-corrected chi connectivity index (χ2v) is 5.93. The largest absolute Gasteiger partial charge is 0.337 e. The second kappa shape index (κ2) is 6.02. The van der Waals surface area contributed by atoms with Gasteiger partial charge in [-0.25, -0.2) is 9.97 Å². The fourth-order valence-corrected chi connectivity index (χ4v) is 3.11. The summed E-state index contributed by atoms with van der Waals surface area (Å²) in [5.41, 5.74) is 8.18. The highest BCUT2D eigenvalue weighted by Crippen LogP contribution is 2.26. The van der Waals surface area contributed by atoms with Gasteiger partial charge in [0.05, 0.1) is 12.9 Å². The van der Waals surface area contributed by atoms with Crippen molar-refractivity contribution in [3.05, 3.63) is 46.2 Å². The van der Waals surface area contributed by atoms with Crippen LogP contribution in [0, 0.1) is 0 Å². The van der Waals surface area contributed by atoms with Crippen LogP contribution in [0.4, 0.5) is 0 Å². The number of nitrogens with one attached hydrogen (secondary N) is 1. The minimum absolute atomic E-state index is 0.0662. The molecular weight excluding hydrogens is 280 g/mol. The summed E-state index contributed by atoms with van der Waals surface area (Å²) < 4.78 is 2.02. The van der Waals surface area contributed by atoms with Crippen LogP contribution in [0.5, 0.6) is 0 Å². The number of imidazole rings is 1. The molecule has 22 heavy (non-hydrogen) atoms. The maximum atomic E-state index is 11.7. The number of nitrogens with zero attached hydrogens (tertiary/aromatic N) is 4. The first-order chi connectivity index (χ1) is 10.6. The molecule has 0 radical (unpaired) electrons. The van der Waals surface area contributed by atoms with Crippen molar-refractivity contribution in [2.45, 2.75) is 31.8 Å². The second-order valence-electron chi connectivity index (χ2n) is 5.93. The van der Waals surface area contributed by atoms with E-state index in [9.17, 15) is 4.79 Å². The Morgan fingerprint density at radius 3 is 2.95 bits per heavy atom. The standard InChI is InChI=1S/C15H22N6O/c1-3-10-4-15(22)19-14(18-10)8-21-6-11(12(16)7-21)13-5-17-9-20(13)2/h4-5,9,11-12H,3,6-8,16H2,1-2H3,(H,18,19,22)/t11-,12-/m1/s1. The molecule has 0 spiro atoms. The monoisotopic (exact) mass is 302 g/mol. The summed E-state index contributed by atoms with van der Waals surface area (Å²) in [5.74, 6) is 0.968. The van der Waals surface area contributed by atoms with E-state index in [1.54, 1.807) is 12.4 Å². The highest BCUT2D eigenvalue weighted by atomic mass is 16.1. The quantitative estimate of drug-likeness (QED) is 0.829. The van der Waals surface area contributed by atoms with Gasteiger partial charge in [0.1, 0.15) is 5.82 Å². The lowest BCUT2D eigenvalue weighted by Crippen LogP contribution is -2.29. The van der Waals surface area contributed by atoms with Crippen molar-refractivity contribution in [1.82, 2.24) is 24.4 Å². The molecule has 1 aliphatic heterocycles. The first-order valence-corrected chi connectivity index (χ1v) is 7.60. The maximum Gasteiger partial charge on any atom is 0.251 e. The minimum atomic E-state index is -0.0893. The Hall–Kier alpha value is -1.99. The minimum Gasteiger partial charge on any atom is -0.337 e. The first kappa shape index (κ1) is 14.9. The Bertz CT molecular complexity index is 706. The van der Waals surface area contributed by atoms with Gasteiger partial charge in [-0.2, -0.15) is 0 Å². The molecule has 7 nitrogen and oxygen atoms in total. The third-order valence-electron chi connectivity index (χ3n) is 4.25. The summed E-state index contributed by atoms with van der Waals surface area (Å²) in [4.78, 5) is 25.4. The lowest BCUT2D eigenvalue weighted by molar-refractivity contribution is 0.313. The SMILES string of the molecule is CCc1cc(=O)[nH]c(CN2C[C@@H](N)[C@H](c3cncn3C)C2)n1. The van der Waals surface area contributed by atoms with Crippen molar-refractivity contribution in [2.24, 2.45) is 12.8 Å². The smallest absolute Gasteiger partial charge is 0.251 e. The fraction of sp³-hybridized carbons (Fsp3) is 0.533. The zero-order valence-electron chi connectivity index (χ0n) is 13.0. The summed E-state index contributed by atoms with van der Waals surface area (Å²) in [6.45, 7) is 4.25. The van der Waals surface area contributed by atoms with Gasteiger partial charge in [0.2, 0.25) is 0 Å². The number of rotatable bonds is 4. The lowest BCUT2D eigenvalue weighted by atomic mass is 10.0. The lowest BCUT2D eigenvalue weighted by Gasteiger charge is -2.15. The molecule has 0 saturated carbocycles. The zero-order valence-corrected chi connectivity index (χ0v) is 13.0. The number of H-pyrrole nitrogens is 1. The Labute approximate surface area is 129 Å². The van der Waals surface area contributed by atoms with Gasteiger partial charge >= 0.3 is 0 Å². The molecule has 2 atom stereocenters. The number of aromatic nitrogens is 4. The third kappa shape index (κ3) is 2.95. The summed E-state index contributed by atoms with van der Waals surface area (Å²) in [6.07, 6.45) is 4.44. The van der Waals surface area contributed by atoms with Gasteiger partial charge in [-0.05, 0) is 6.42 Å². The molecule has 2 aromatic rings. The molecule has 2 aromatic heterocycles. The highest BCUT2D eigenvalue weighted by molar-refractivity contribution is 5.14. The van der Waals surface area contributed by atoms with E-state index in [2.05, 4.69) is 19.9 Å². The van der Waals surface area contributed by atoms with Crippen molar-refractivity contribution >= 4 is 0 Å². The highest BCUT2D eigenvalue weighted by Gasteiger charge is 2.33. The van der Waals surface area contributed by atoms with E-state index in [0.29, 0.717) is 12.4 Å². The predicted molar refractivity (Wildman–Crippen MR) is 83.4 cm³/mol. The Kier molecular flexibility index (Phi) is 4.08. The average Bonchev–Trinajstić information content (AvgIpc) is 3.03. The molecule has 0 unspecified atom stereocenters. The van der Waals surface area contributed by atoms with Gasteiger partial charge in [0, 0.05) is 55.7 Å². The van der Waals surface area contributed by atoms with Crippen molar-refractivity contribution in [1.29, 1.82) is 0 Å². The molecule has 0 aliphatic carbocycles. The Morgan fingerprint density at radius 1 is 1.45 bits per heavy atom. The topological polar surface area (TPSA) is 92.8 Å². The zero-order chi connectivity index (χ0) is 15.7. The van der Waals surface area contributed by atoms with E-state index < -0.39 is 0 Å². The molecule has 1 saturated heterocycles. The van der Waals surface area contributed by atoms with E-state index in [1.807, 2.05) is 24.7 Å². The number of aromatic amines is 1. The van der Waals surface area contributed by atoms with Crippen LogP contribution >= 0.6 is 0 Å². The summed E-state index contributed by atoms with van der Waals surface area (Å²) >= 11 is 0. The first-order valence-electron chi connectivity index (χ1n) is 7.60. The van der Waals surface area contributed by atoms with Gasteiger partial charge in [-0.15, -0.1) is 0 Å². The van der Waals surface area contributed by atoms with Crippen molar-refractivity contribution in [2.75, 3.05) is 13.1 Å². The number of hydrogen-bond acceptors (Lipinski definition) is 5. The molecule has 7 heteroatoms. The van der Waals surface area contributed by atoms with Gasteiger partial charge in [-0.1, -0.05) is 6.92 Å².